The summed E-state index contributed by atoms with van der Waals surface area (Å²) in [5.74, 6) is 1.45. The number of imide groups is 1. The van der Waals surface area contributed by atoms with Crippen LogP contribution in [0.2, 0.25) is 0 Å². The van der Waals surface area contributed by atoms with E-state index < -0.39 is 34.3 Å². The average molecular weight is 566 g/mol. The number of benzene rings is 1. The zero-order valence-electron chi connectivity index (χ0n) is 24.8. The molecule has 2 bridgehead atoms. The molecule has 41 heavy (non-hydrogen) atoms. The van der Waals surface area contributed by atoms with E-state index in [9.17, 15) is 19.5 Å². The molecular formula is C32H43N3O6. The summed E-state index contributed by atoms with van der Waals surface area (Å²) >= 11 is 0. The summed E-state index contributed by atoms with van der Waals surface area (Å²) in [5.41, 5.74) is -1.70. The molecule has 9 nitrogen and oxygen atoms in total. The molecule has 2 heterocycles. The monoisotopic (exact) mass is 565 g/mol. The summed E-state index contributed by atoms with van der Waals surface area (Å²) in [6, 6.07) is 5.34. The lowest BCUT2D eigenvalue weighted by Crippen LogP contribution is -2.77. The van der Waals surface area contributed by atoms with Gasteiger partial charge in [0.15, 0.2) is 0 Å². The highest BCUT2D eigenvalue weighted by Crippen LogP contribution is 2.63. The van der Waals surface area contributed by atoms with Gasteiger partial charge in [0.25, 0.3) is 5.91 Å². The van der Waals surface area contributed by atoms with Gasteiger partial charge in [-0.3, -0.25) is 9.69 Å². The third kappa shape index (κ3) is 4.01. The molecule has 7 rings (SSSR count). The third-order valence-corrected chi connectivity index (χ3v) is 10.8. The molecule has 3 saturated carbocycles. The van der Waals surface area contributed by atoms with E-state index >= 15 is 0 Å². The number of hydrogen-bond acceptors (Lipinski definition) is 6. The summed E-state index contributed by atoms with van der Waals surface area (Å²) in [6.07, 6.45) is 5.91. The highest BCUT2D eigenvalue weighted by atomic mass is 16.6. The van der Waals surface area contributed by atoms with Crippen LogP contribution < -0.4 is 4.74 Å². The Bertz CT molecular complexity index is 1300. The molecule has 9 heteroatoms. The molecule has 1 aromatic rings. The van der Waals surface area contributed by atoms with Gasteiger partial charge >= 0.3 is 12.1 Å². The van der Waals surface area contributed by atoms with Crippen LogP contribution in [-0.2, 0) is 21.4 Å². The molecule has 4 atom stereocenters. The average Bonchev–Trinajstić information content (AvgIpc) is 3.84. The Morgan fingerprint density at radius 1 is 1.05 bits per heavy atom. The van der Waals surface area contributed by atoms with Gasteiger partial charge in [-0.15, -0.1) is 0 Å². The Morgan fingerprint density at radius 3 is 2.41 bits per heavy atom. The first-order chi connectivity index (χ1) is 19.4. The lowest BCUT2D eigenvalue weighted by Gasteiger charge is -2.66. The van der Waals surface area contributed by atoms with Gasteiger partial charge in [0.1, 0.15) is 16.9 Å². The van der Waals surface area contributed by atoms with Crippen molar-refractivity contribution in [3.8, 4) is 5.75 Å². The minimum atomic E-state index is -1.27. The minimum Gasteiger partial charge on any atom is -0.497 e. The van der Waals surface area contributed by atoms with Crippen LogP contribution in [0.3, 0.4) is 0 Å². The standard InChI is InChI=1S/C32H43N3O6/c1-29(2,3)41-28(38)33-14-13-30-19-31(26(36)34(17-20-5-6-20)27(37)35(31)18-21-7-8-21)11-12-32(30,39)25(33)15-22-9-10-23(40-4)16-24(22)30/h9-10,16,20-21,25,39H,5-8,11-15,17-19H2,1-4H3/t25-,30-,31+,32-/m1/s1. The number of amides is 4. The van der Waals surface area contributed by atoms with Crippen LogP contribution in [0.5, 0.6) is 5.75 Å². The number of aliphatic hydroxyl groups is 1. The van der Waals surface area contributed by atoms with E-state index in [0.29, 0.717) is 69.3 Å². The zero-order chi connectivity index (χ0) is 28.9. The number of methoxy groups -OCH3 is 1. The molecule has 0 unspecified atom stereocenters. The Morgan fingerprint density at radius 2 is 1.76 bits per heavy atom. The first kappa shape index (κ1) is 27.0. The first-order valence-electron chi connectivity index (χ1n) is 15.4. The molecule has 1 N–H and O–H groups in total. The van der Waals surface area contributed by atoms with Gasteiger partial charge in [-0.1, -0.05) is 6.07 Å². The van der Waals surface area contributed by atoms with E-state index in [4.69, 9.17) is 9.47 Å². The smallest absolute Gasteiger partial charge is 0.410 e. The van der Waals surface area contributed by atoms with Gasteiger partial charge in [0, 0.05) is 25.0 Å². The van der Waals surface area contributed by atoms with Gasteiger partial charge in [-0.25, -0.2) is 9.59 Å². The summed E-state index contributed by atoms with van der Waals surface area (Å²) < 4.78 is 11.4. The Labute approximate surface area is 242 Å². The number of carbonyl (C=O) groups excluding carboxylic acids is 3. The predicted molar refractivity (Wildman–Crippen MR) is 151 cm³/mol. The molecule has 6 aliphatic rings. The van der Waals surface area contributed by atoms with Gasteiger partial charge < -0.3 is 24.4 Å². The fraction of sp³-hybridized carbons (Fsp3) is 0.719. The predicted octanol–water partition coefficient (Wildman–Crippen LogP) is 4.24. The number of piperidine rings is 1. The third-order valence-electron chi connectivity index (χ3n) is 10.8. The van der Waals surface area contributed by atoms with Gasteiger partial charge in [-0.2, -0.15) is 0 Å². The number of nitrogens with zero attached hydrogens (tertiary/aromatic N) is 3. The first-order valence-corrected chi connectivity index (χ1v) is 15.4. The molecular weight excluding hydrogens is 522 g/mol. The second-order valence-electron chi connectivity index (χ2n) is 14.6. The zero-order valence-corrected chi connectivity index (χ0v) is 24.8. The molecule has 1 spiro atoms. The van der Waals surface area contributed by atoms with Crippen LogP contribution in [0.1, 0.15) is 83.3 Å². The fourth-order valence-electron chi connectivity index (χ4n) is 8.41. The lowest BCUT2D eigenvalue weighted by atomic mass is 9.46. The number of ether oxygens (including phenoxy) is 2. The molecule has 0 aromatic heterocycles. The maximum absolute atomic E-state index is 14.4. The summed E-state index contributed by atoms with van der Waals surface area (Å²) in [6.45, 7) is 7.06. The van der Waals surface area contributed by atoms with Crippen LogP contribution in [0.4, 0.5) is 9.59 Å². The molecule has 222 valence electrons. The molecule has 4 aliphatic carbocycles. The quantitative estimate of drug-likeness (QED) is 0.537. The van der Waals surface area contributed by atoms with Crippen molar-refractivity contribution in [2.75, 3.05) is 26.7 Å². The Kier molecular flexibility index (Phi) is 5.84. The molecule has 5 fully saturated rings. The number of hydrogen-bond donors (Lipinski definition) is 1. The van der Waals surface area contributed by atoms with Crippen molar-refractivity contribution in [3.63, 3.8) is 0 Å². The van der Waals surface area contributed by atoms with E-state index in [1.54, 1.807) is 12.0 Å². The number of urea groups is 1. The number of carbonyl (C=O) groups is 3. The summed E-state index contributed by atoms with van der Waals surface area (Å²) in [4.78, 5) is 47.0. The van der Waals surface area contributed by atoms with Gasteiger partial charge in [0.2, 0.25) is 0 Å². The minimum absolute atomic E-state index is 0.0902. The fourth-order valence-corrected chi connectivity index (χ4v) is 8.41. The Balaban J connectivity index is 1.34. The van der Waals surface area contributed by atoms with Gasteiger partial charge in [0.05, 0.1) is 18.8 Å². The molecule has 0 radical (unpaired) electrons. The van der Waals surface area contributed by atoms with Crippen molar-refractivity contribution in [1.29, 1.82) is 0 Å². The summed E-state index contributed by atoms with van der Waals surface area (Å²) in [5, 5.41) is 12.9. The topological polar surface area (TPSA) is 99.6 Å². The van der Waals surface area contributed by atoms with Crippen LogP contribution in [0, 0.1) is 11.8 Å². The van der Waals surface area contributed by atoms with Crippen LogP contribution in [0.25, 0.3) is 0 Å². The van der Waals surface area contributed by atoms with E-state index in [2.05, 4.69) is 0 Å². The normalized spacial score (nSPS) is 34.6. The maximum atomic E-state index is 14.4. The van der Waals surface area contributed by atoms with Crippen molar-refractivity contribution < 1.29 is 29.0 Å². The van der Waals surface area contributed by atoms with Crippen molar-refractivity contribution in [2.24, 2.45) is 11.8 Å². The second kappa shape index (κ2) is 8.85. The van der Waals surface area contributed by atoms with Crippen molar-refractivity contribution >= 4 is 18.0 Å². The highest BCUT2D eigenvalue weighted by molar-refractivity contribution is 6.07. The number of likely N-dealkylation sites (tertiary alicyclic amines) is 1. The Hall–Kier alpha value is -2.81. The molecule has 2 saturated heterocycles. The number of rotatable bonds is 5. The SMILES string of the molecule is COc1ccc2c(c1)[C@]13CCN(C(=O)OC(C)(C)C)[C@H](C2)[C@]1(O)CC[C@]1(C3)C(=O)N(CC2CC2)C(=O)N1CC1CC1. The number of fused-ring (bicyclic) bond motifs is 1. The van der Waals surface area contributed by atoms with Gasteiger partial charge in [-0.05, 0) is 114 Å². The summed E-state index contributed by atoms with van der Waals surface area (Å²) in [7, 11) is 1.64. The van der Waals surface area contributed by atoms with E-state index in [-0.39, 0.29) is 11.9 Å². The second-order valence-corrected chi connectivity index (χ2v) is 14.6. The van der Waals surface area contributed by atoms with Crippen LogP contribution in [0.15, 0.2) is 18.2 Å². The lowest BCUT2D eigenvalue weighted by molar-refractivity contribution is -0.185. The molecule has 1 aromatic carbocycles. The van der Waals surface area contributed by atoms with E-state index in [0.717, 1.165) is 36.8 Å². The van der Waals surface area contributed by atoms with Crippen LogP contribution >= 0.6 is 0 Å². The van der Waals surface area contributed by atoms with Crippen LogP contribution in [-0.4, -0.2) is 87.4 Å². The highest BCUT2D eigenvalue weighted by Gasteiger charge is 2.72. The maximum Gasteiger partial charge on any atom is 0.410 e. The largest absolute Gasteiger partial charge is 0.497 e. The molecule has 2 aliphatic heterocycles. The van der Waals surface area contributed by atoms with Crippen molar-refractivity contribution in [1.82, 2.24) is 14.7 Å². The molecule has 4 amide bonds. The van der Waals surface area contributed by atoms with E-state index in [1.165, 1.54) is 4.90 Å². The van der Waals surface area contributed by atoms with Crippen molar-refractivity contribution in [2.45, 2.75) is 107 Å². The van der Waals surface area contributed by atoms with E-state index in [1.807, 2.05) is 43.9 Å². The van der Waals surface area contributed by atoms with Crippen molar-refractivity contribution in [3.05, 3.63) is 29.3 Å².